The molecular formula is C13H18. The lowest BCUT2D eigenvalue weighted by atomic mass is 10.2. The summed E-state index contributed by atoms with van der Waals surface area (Å²) in [4.78, 5) is 0. The van der Waals surface area contributed by atoms with Crippen LogP contribution in [0.5, 0.6) is 0 Å². The molecule has 0 amide bonds. The molecule has 0 bridgehead atoms. The maximum atomic E-state index is 2.28. The standard InChI is InChI=1S/C13H18/c1-2-4-6-8-10-12-13-11-9-7-5-3-1/h1-4,7,9,12-13H,5-6,8,10-11H2/b3-1-,4-2?,9-7-,13-12+. The molecule has 0 atom stereocenters. The van der Waals surface area contributed by atoms with Gasteiger partial charge in [-0.25, -0.2) is 0 Å². The van der Waals surface area contributed by atoms with Crippen molar-refractivity contribution in [1.29, 1.82) is 0 Å². The van der Waals surface area contributed by atoms with Crippen LogP contribution in [0.2, 0.25) is 0 Å². The third kappa shape index (κ3) is 6.15. The summed E-state index contributed by atoms with van der Waals surface area (Å²) in [6.07, 6.45) is 23.5. The molecule has 13 heavy (non-hydrogen) atoms. The van der Waals surface area contributed by atoms with Crippen LogP contribution in [0.4, 0.5) is 0 Å². The Balaban J connectivity index is 2.38. The molecule has 0 nitrogen and oxygen atoms in total. The Bertz CT molecular complexity index is 216. The fraction of sp³-hybridized carbons (Fsp3) is 0.385. The first-order valence-corrected chi connectivity index (χ1v) is 5.12. The van der Waals surface area contributed by atoms with Crippen LogP contribution in [0.1, 0.15) is 32.1 Å². The van der Waals surface area contributed by atoms with E-state index < -0.39 is 0 Å². The molecule has 0 aromatic carbocycles. The molecule has 0 aromatic heterocycles. The average Bonchev–Trinajstić information content (AvgIpc) is 2.18. The van der Waals surface area contributed by atoms with E-state index >= 15 is 0 Å². The summed E-state index contributed by atoms with van der Waals surface area (Å²) in [6.45, 7) is 0. The number of hydrogen-bond donors (Lipinski definition) is 0. The van der Waals surface area contributed by atoms with Gasteiger partial charge in [0.2, 0.25) is 0 Å². The van der Waals surface area contributed by atoms with Crippen LogP contribution >= 0.6 is 0 Å². The largest absolute Gasteiger partial charge is 0.0882 e. The van der Waals surface area contributed by atoms with Crippen molar-refractivity contribution in [3.05, 3.63) is 48.6 Å². The van der Waals surface area contributed by atoms with Crippen LogP contribution in [0, 0.1) is 0 Å². The second kappa shape index (κ2) is 7.60. The monoisotopic (exact) mass is 174 g/mol. The molecule has 0 fully saturated rings. The zero-order chi connectivity index (χ0) is 9.19. The summed E-state index contributed by atoms with van der Waals surface area (Å²) >= 11 is 0. The Labute approximate surface area is 81.4 Å². The average molecular weight is 174 g/mol. The molecule has 1 rings (SSSR count). The number of hydrogen-bond acceptors (Lipinski definition) is 0. The second-order valence-corrected chi connectivity index (χ2v) is 3.20. The van der Waals surface area contributed by atoms with E-state index in [1.807, 2.05) is 0 Å². The molecule has 70 valence electrons. The fourth-order valence-electron chi connectivity index (χ4n) is 1.25. The van der Waals surface area contributed by atoms with Crippen LogP contribution < -0.4 is 0 Å². The minimum absolute atomic E-state index is 1.05. The van der Waals surface area contributed by atoms with Crippen LogP contribution in [0.25, 0.3) is 0 Å². The summed E-state index contributed by atoms with van der Waals surface area (Å²) in [5, 5.41) is 0. The van der Waals surface area contributed by atoms with Gasteiger partial charge in [0, 0.05) is 0 Å². The first kappa shape index (κ1) is 10.0. The zero-order valence-electron chi connectivity index (χ0n) is 8.15. The Morgan fingerprint density at radius 3 is 2.08 bits per heavy atom. The molecule has 0 unspecified atom stereocenters. The van der Waals surface area contributed by atoms with Gasteiger partial charge in [-0.05, 0) is 32.1 Å². The molecule has 0 saturated heterocycles. The zero-order valence-corrected chi connectivity index (χ0v) is 8.15. The Kier molecular flexibility index (Phi) is 5.87. The van der Waals surface area contributed by atoms with Gasteiger partial charge >= 0.3 is 0 Å². The number of rotatable bonds is 0. The maximum absolute atomic E-state index is 2.28. The molecule has 0 heteroatoms. The van der Waals surface area contributed by atoms with Gasteiger partial charge in [-0.3, -0.25) is 0 Å². The molecule has 0 spiro atoms. The lowest BCUT2D eigenvalue weighted by molar-refractivity contribution is 0.866. The minimum atomic E-state index is 1.05. The quantitative estimate of drug-likeness (QED) is 0.483. The van der Waals surface area contributed by atoms with Crippen LogP contribution in [-0.4, -0.2) is 0 Å². The maximum Gasteiger partial charge on any atom is -0.0166 e. The third-order valence-electron chi connectivity index (χ3n) is 2.00. The second-order valence-electron chi connectivity index (χ2n) is 3.20. The van der Waals surface area contributed by atoms with Gasteiger partial charge in [-0.2, -0.15) is 0 Å². The smallest absolute Gasteiger partial charge is 0.0166 e. The fourth-order valence-corrected chi connectivity index (χ4v) is 1.25. The van der Waals surface area contributed by atoms with E-state index in [1.165, 1.54) is 19.3 Å². The predicted octanol–water partition coefficient (Wildman–Crippen LogP) is 4.18. The van der Waals surface area contributed by atoms with E-state index in [0.717, 1.165) is 12.8 Å². The molecule has 0 radical (unpaired) electrons. The molecule has 0 N–H and O–H groups in total. The van der Waals surface area contributed by atoms with Gasteiger partial charge in [0.05, 0.1) is 0 Å². The first-order chi connectivity index (χ1) is 6.50. The highest BCUT2D eigenvalue weighted by Gasteiger charge is 1.80. The van der Waals surface area contributed by atoms with E-state index in [4.69, 9.17) is 0 Å². The van der Waals surface area contributed by atoms with Gasteiger partial charge in [-0.1, -0.05) is 48.6 Å². The summed E-state index contributed by atoms with van der Waals surface area (Å²) in [5.41, 5.74) is 0. The molecule has 0 aliphatic heterocycles. The van der Waals surface area contributed by atoms with Gasteiger partial charge in [0.1, 0.15) is 0 Å². The van der Waals surface area contributed by atoms with Crippen molar-refractivity contribution in [2.45, 2.75) is 32.1 Å². The Morgan fingerprint density at radius 2 is 1.15 bits per heavy atom. The van der Waals surface area contributed by atoms with Crippen LogP contribution in [0.15, 0.2) is 48.6 Å². The minimum Gasteiger partial charge on any atom is -0.0882 e. The summed E-state index contributed by atoms with van der Waals surface area (Å²) in [6, 6.07) is 0. The molecule has 0 saturated carbocycles. The van der Waals surface area contributed by atoms with Crippen molar-refractivity contribution in [3.8, 4) is 0 Å². The van der Waals surface area contributed by atoms with Crippen LogP contribution in [-0.2, 0) is 0 Å². The molecule has 1 aliphatic rings. The van der Waals surface area contributed by atoms with Gasteiger partial charge in [-0.15, -0.1) is 0 Å². The predicted molar refractivity (Wildman–Crippen MR) is 59.6 cm³/mol. The normalized spacial score (nSPS) is 26.5. The Hall–Kier alpha value is -1.04. The van der Waals surface area contributed by atoms with Crippen molar-refractivity contribution in [2.75, 3.05) is 0 Å². The summed E-state index contributed by atoms with van der Waals surface area (Å²) in [5.74, 6) is 0. The lowest BCUT2D eigenvalue weighted by Crippen LogP contribution is -1.68. The first-order valence-electron chi connectivity index (χ1n) is 5.12. The van der Waals surface area contributed by atoms with Crippen molar-refractivity contribution < 1.29 is 0 Å². The molecule has 1 aliphatic carbocycles. The lowest BCUT2D eigenvalue weighted by Gasteiger charge is -1.88. The van der Waals surface area contributed by atoms with Crippen molar-refractivity contribution in [2.24, 2.45) is 0 Å². The highest BCUT2D eigenvalue weighted by atomic mass is 13.9. The Morgan fingerprint density at radius 1 is 0.538 bits per heavy atom. The molecular weight excluding hydrogens is 156 g/mol. The number of allylic oxidation sites excluding steroid dienone is 8. The van der Waals surface area contributed by atoms with Crippen molar-refractivity contribution in [3.63, 3.8) is 0 Å². The van der Waals surface area contributed by atoms with Gasteiger partial charge in [0.15, 0.2) is 0 Å². The topological polar surface area (TPSA) is 0 Å². The van der Waals surface area contributed by atoms with E-state index in [0.29, 0.717) is 0 Å². The SMILES string of the molecule is C1=CCCC/C=C/C/C=C\C/C=C\1. The highest BCUT2D eigenvalue weighted by molar-refractivity contribution is 5.06. The summed E-state index contributed by atoms with van der Waals surface area (Å²) < 4.78 is 0. The summed E-state index contributed by atoms with van der Waals surface area (Å²) in [7, 11) is 0. The van der Waals surface area contributed by atoms with Crippen molar-refractivity contribution >= 4 is 0 Å². The third-order valence-corrected chi connectivity index (χ3v) is 2.00. The van der Waals surface area contributed by atoms with Crippen molar-refractivity contribution in [1.82, 2.24) is 0 Å². The van der Waals surface area contributed by atoms with Gasteiger partial charge in [0.25, 0.3) is 0 Å². The highest BCUT2D eigenvalue weighted by Crippen LogP contribution is 2.01. The van der Waals surface area contributed by atoms with E-state index in [-0.39, 0.29) is 0 Å². The molecule has 0 heterocycles. The van der Waals surface area contributed by atoms with Gasteiger partial charge < -0.3 is 0 Å². The van der Waals surface area contributed by atoms with E-state index in [1.54, 1.807) is 0 Å². The van der Waals surface area contributed by atoms with Crippen LogP contribution in [0.3, 0.4) is 0 Å². The van der Waals surface area contributed by atoms with E-state index in [2.05, 4.69) is 48.6 Å². The molecule has 0 aromatic rings. The van der Waals surface area contributed by atoms with E-state index in [9.17, 15) is 0 Å².